The molecule has 2 aliphatic rings. The van der Waals surface area contributed by atoms with Crippen LogP contribution in [-0.4, -0.2) is 41.9 Å². The Hall–Kier alpha value is -1.40. The third-order valence-corrected chi connectivity index (χ3v) is 5.35. The molecule has 128 valence electrons. The number of anilines is 1. The van der Waals surface area contributed by atoms with Crippen molar-refractivity contribution >= 4 is 11.7 Å². The number of hydrogen-bond acceptors (Lipinski definition) is 4. The van der Waals surface area contributed by atoms with Crippen LogP contribution < -0.4 is 10.6 Å². The normalized spacial score (nSPS) is 22.5. The number of ether oxygens (including phenoxy) is 1. The fourth-order valence-electron chi connectivity index (χ4n) is 3.78. The van der Waals surface area contributed by atoms with E-state index in [2.05, 4.69) is 20.8 Å². The number of H-pyrrole nitrogens is 1. The Kier molecular flexibility index (Phi) is 5.33. The maximum atomic E-state index is 12.6. The Balaban J connectivity index is 1.64. The molecular weight excluding hydrogens is 292 g/mol. The largest absolute Gasteiger partial charge is 0.368 e. The predicted molar refractivity (Wildman–Crippen MR) is 89.5 cm³/mol. The van der Waals surface area contributed by atoms with Gasteiger partial charge in [-0.1, -0.05) is 25.7 Å². The molecule has 0 atom stereocenters. The molecule has 3 rings (SSSR count). The molecular formula is C17H28N4O2. The van der Waals surface area contributed by atoms with Gasteiger partial charge in [-0.15, -0.1) is 0 Å². The fourth-order valence-corrected chi connectivity index (χ4v) is 3.78. The monoisotopic (exact) mass is 320 g/mol. The highest BCUT2D eigenvalue weighted by Gasteiger charge is 2.40. The van der Waals surface area contributed by atoms with E-state index >= 15 is 0 Å². The number of aromatic amines is 1. The van der Waals surface area contributed by atoms with E-state index in [4.69, 9.17) is 4.74 Å². The number of nitrogens with one attached hydrogen (secondary N) is 3. The molecule has 0 unspecified atom stereocenters. The van der Waals surface area contributed by atoms with Gasteiger partial charge in [0.25, 0.3) is 5.91 Å². The minimum absolute atomic E-state index is 0.0829. The average molecular weight is 320 g/mol. The number of aromatic nitrogens is 2. The number of hydrogen-bond donors (Lipinski definition) is 3. The van der Waals surface area contributed by atoms with E-state index in [1.807, 2.05) is 6.07 Å². The lowest BCUT2D eigenvalue weighted by atomic mass is 9.91. The molecule has 1 aromatic rings. The summed E-state index contributed by atoms with van der Waals surface area (Å²) in [6, 6.07) is 2.00. The van der Waals surface area contributed by atoms with Crippen LogP contribution in [0.25, 0.3) is 0 Å². The average Bonchev–Trinajstić information content (AvgIpc) is 2.88. The summed E-state index contributed by atoms with van der Waals surface area (Å²) in [5.41, 5.74) is 0.422. The van der Waals surface area contributed by atoms with Gasteiger partial charge < -0.3 is 15.4 Å². The zero-order valence-electron chi connectivity index (χ0n) is 14.0. The first-order chi connectivity index (χ1) is 11.2. The third-order valence-electron chi connectivity index (χ3n) is 5.35. The van der Waals surface area contributed by atoms with Crippen molar-refractivity contribution in [2.45, 2.75) is 62.9 Å². The van der Waals surface area contributed by atoms with Crippen molar-refractivity contribution in [3.63, 3.8) is 0 Å². The van der Waals surface area contributed by atoms with Crippen LogP contribution in [0.4, 0.5) is 5.82 Å². The first-order valence-corrected chi connectivity index (χ1v) is 8.86. The summed E-state index contributed by atoms with van der Waals surface area (Å²) in [5, 5.41) is 13.6. The topological polar surface area (TPSA) is 79.0 Å². The van der Waals surface area contributed by atoms with Crippen LogP contribution >= 0.6 is 0 Å². The summed E-state index contributed by atoms with van der Waals surface area (Å²) in [4.78, 5) is 12.6. The summed E-state index contributed by atoms with van der Waals surface area (Å²) >= 11 is 0. The van der Waals surface area contributed by atoms with Crippen LogP contribution in [0.1, 0.15) is 63.0 Å². The zero-order valence-corrected chi connectivity index (χ0v) is 14.0. The minimum atomic E-state index is -0.729. The highest BCUT2D eigenvalue weighted by atomic mass is 16.5. The van der Waals surface area contributed by atoms with Gasteiger partial charge >= 0.3 is 0 Å². The van der Waals surface area contributed by atoms with Crippen molar-refractivity contribution in [2.24, 2.45) is 0 Å². The van der Waals surface area contributed by atoms with Gasteiger partial charge in [-0.05, 0) is 38.8 Å². The van der Waals surface area contributed by atoms with Gasteiger partial charge in [-0.3, -0.25) is 9.89 Å². The van der Waals surface area contributed by atoms with Crippen molar-refractivity contribution < 1.29 is 9.53 Å². The molecule has 1 amide bonds. The number of nitrogens with zero attached hydrogens (tertiary/aromatic N) is 1. The van der Waals surface area contributed by atoms with Crippen LogP contribution in [0.5, 0.6) is 0 Å². The fraction of sp³-hybridized carbons (Fsp3) is 0.765. The highest BCUT2D eigenvalue weighted by molar-refractivity contribution is 5.96. The number of methoxy groups -OCH3 is 1. The van der Waals surface area contributed by atoms with Crippen molar-refractivity contribution in [3.8, 4) is 0 Å². The lowest BCUT2D eigenvalue weighted by molar-refractivity contribution is -0.140. The van der Waals surface area contributed by atoms with Crippen molar-refractivity contribution in [1.82, 2.24) is 15.5 Å². The maximum Gasteiger partial charge on any atom is 0.257 e. The van der Waals surface area contributed by atoms with Crippen LogP contribution in [-0.2, 0) is 9.53 Å². The lowest BCUT2D eigenvalue weighted by Gasteiger charge is -2.34. The second-order valence-corrected chi connectivity index (χ2v) is 6.80. The Labute approximate surface area is 137 Å². The van der Waals surface area contributed by atoms with E-state index in [0.29, 0.717) is 24.6 Å². The standard InChI is InChI=1S/C17H28N4O2/c1-23-17(8-10-18-11-9-17)16(22)19-15-12-14(20-21-15)13-6-4-2-3-5-7-13/h12-13,18H,2-11H2,1H3,(H2,19,20,21,22). The Morgan fingerprint density at radius 1 is 1.26 bits per heavy atom. The number of carbonyl (C=O) groups excluding carboxylic acids is 1. The molecule has 3 N–H and O–H groups in total. The third kappa shape index (κ3) is 3.75. The molecule has 2 fully saturated rings. The minimum Gasteiger partial charge on any atom is -0.368 e. The van der Waals surface area contributed by atoms with Crippen molar-refractivity contribution in [3.05, 3.63) is 11.8 Å². The molecule has 0 bridgehead atoms. The van der Waals surface area contributed by atoms with E-state index in [1.165, 1.54) is 38.5 Å². The predicted octanol–water partition coefficient (Wildman–Crippen LogP) is 2.55. The van der Waals surface area contributed by atoms with Crippen LogP contribution in [0.2, 0.25) is 0 Å². The first-order valence-electron chi connectivity index (χ1n) is 8.86. The molecule has 1 aliphatic carbocycles. The molecule has 1 saturated carbocycles. The summed E-state index contributed by atoms with van der Waals surface area (Å²) < 4.78 is 5.56. The number of rotatable bonds is 4. The van der Waals surface area contributed by atoms with E-state index in [9.17, 15) is 4.79 Å². The van der Waals surface area contributed by atoms with Gasteiger partial charge in [-0.2, -0.15) is 5.10 Å². The molecule has 23 heavy (non-hydrogen) atoms. The Morgan fingerprint density at radius 3 is 2.61 bits per heavy atom. The molecule has 0 radical (unpaired) electrons. The first kappa shape index (κ1) is 16.5. The van der Waals surface area contributed by atoms with Gasteiger partial charge in [0.05, 0.1) is 0 Å². The number of carbonyl (C=O) groups is 1. The van der Waals surface area contributed by atoms with Crippen LogP contribution in [0.15, 0.2) is 6.07 Å². The molecule has 1 aromatic heterocycles. The molecule has 1 saturated heterocycles. The van der Waals surface area contributed by atoms with Crippen molar-refractivity contribution in [2.75, 3.05) is 25.5 Å². The summed E-state index contributed by atoms with van der Waals surface area (Å²) in [6.45, 7) is 1.60. The quantitative estimate of drug-likeness (QED) is 0.745. The van der Waals surface area contributed by atoms with E-state index < -0.39 is 5.60 Å². The Bertz CT molecular complexity index is 514. The molecule has 6 heteroatoms. The molecule has 6 nitrogen and oxygen atoms in total. The van der Waals surface area contributed by atoms with E-state index in [-0.39, 0.29) is 5.91 Å². The molecule has 0 spiro atoms. The van der Waals surface area contributed by atoms with Crippen LogP contribution in [0, 0.1) is 0 Å². The molecule has 2 heterocycles. The number of amides is 1. The summed E-state index contributed by atoms with van der Waals surface area (Å²) in [5.74, 6) is 1.08. The lowest BCUT2D eigenvalue weighted by Crippen LogP contribution is -2.51. The SMILES string of the molecule is COC1(C(=O)Nc2cc(C3CCCCCC3)[nH]n2)CCNCC1. The second kappa shape index (κ2) is 7.45. The smallest absolute Gasteiger partial charge is 0.257 e. The molecule has 0 aromatic carbocycles. The van der Waals surface area contributed by atoms with E-state index in [0.717, 1.165) is 18.8 Å². The van der Waals surface area contributed by atoms with Crippen LogP contribution in [0.3, 0.4) is 0 Å². The second-order valence-electron chi connectivity index (χ2n) is 6.80. The number of piperidine rings is 1. The van der Waals surface area contributed by atoms with Gasteiger partial charge in [-0.25, -0.2) is 0 Å². The van der Waals surface area contributed by atoms with E-state index in [1.54, 1.807) is 7.11 Å². The maximum absolute atomic E-state index is 12.6. The highest BCUT2D eigenvalue weighted by Crippen LogP contribution is 2.31. The zero-order chi connectivity index (χ0) is 16.1. The summed E-state index contributed by atoms with van der Waals surface area (Å²) in [7, 11) is 1.62. The van der Waals surface area contributed by atoms with Gasteiger partial charge in [0.15, 0.2) is 5.82 Å². The van der Waals surface area contributed by atoms with Gasteiger partial charge in [0, 0.05) is 24.8 Å². The Morgan fingerprint density at radius 2 is 1.96 bits per heavy atom. The van der Waals surface area contributed by atoms with Gasteiger partial charge in [0.2, 0.25) is 0 Å². The summed E-state index contributed by atoms with van der Waals surface area (Å²) in [6.07, 6.45) is 9.03. The van der Waals surface area contributed by atoms with Gasteiger partial charge in [0.1, 0.15) is 5.60 Å². The molecule has 1 aliphatic heterocycles. The van der Waals surface area contributed by atoms with Crippen molar-refractivity contribution in [1.29, 1.82) is 0 Å².